The molecule has 6 heteroatoms. The van der Waals surface area contributed by atoms with Crippen LogP contribution in [0.15, 0.2) is 36.7 Å². The Balaban J connectivity index is 1.75. The third-order valence-electron chi connectivity index (χ3n) is 4.24. The lowest BCUT2D eigenvalue weighted by Crippen LogP contribution is -2.31. The molecule has 3 heterocycles. The molecule has 4 rings (SSSR count). The minimum atomic E-state index is 0.468. The molecule has 0 radical (unpaired) electrons. The molecule has 0 spiro atoms. The fraction of sp³-hybridized carbons (Fsp3) is 0.235. The van der Waals surface area contributed by atoms with Gasteiger partial charge in [0.15, 0.2) is 5.65 Å². The van der Waals surface area contributed by atoms with Crippen molar-refractivity contribution in [3.05, 3.63) is 47.8 Å². The van der Waals surface area contributed by atoms with Crippen molar-refractivity contribution in [3.63, 3.8) is 0 Å². The standard InChI is InChI=1S/C17H17N5O/c1-23-14-4-2-3-11-9-22(8-7-12(11)14)17-13-5-6-15(18)21-16(13)19-10-20-17/h2-6,10H,7-9H2,1H3,(H2,18,19,20,21). The Morgan fingerprint density at radius 1 is 1.17 bits per heavy atom. The molecule has 0 atom stereocenters. The van der Waals surface area contributed by atoms with Crippen LogP contribution in [-0.4, -0.2) is 28.6 Å². The molecule has 0 fully saturated rings. The van der Waals surface area contributed by atoms with E-state index in [0.29, 0.717) is 11.5 Å². The molecule has 0 saturated heterocycles. The van der Waals surface area contributed by atoms with Crippen LogP contribution >= 0.6 is 0 Å². The number of rotatable bonds is 2. The number of benzene rings is 1. The van der Waals surface area contributed by atoms with Crippen molar-refractivity contribution in [2.24, 2.45) is 0 Å². The summed E-state index contributed by atoms with van der Waals surface area (Å²) in [6.45, 7) is 1.67. The van der Waals surface area contributed by atoms with Crippen LogP contribution in [0.25, 0.3) is 11.0 Å². The quantitative estimate of drug-likeness (QED) is 0.782. The summed E-state index contributed by atoms with van der Waals surface area (Å²) in [6, 6.07) is 9.91. The summed E-state index contributed by atoms with van der Waals surface area (Å²) in [5.74, 6) is 2.33. The van der Waals surface area contributed by atoms with E-state index in [1.54, 1.807) is 19.5 Å². The predicted molar refractivity (Wildman–Crippen MR) is 89.5 cm³/mol. The molecular weight excluding hydrogens is 290 g/mol. The Bertz CT molecular complexity index is 880. The molecular formula is C17H17N5O. The van der Waals surface area contributed by atoms with Gasteiger partial charge in [-0.25, -0.2) is 15.0 Å². The highest BCUT2D eigenvalue weighted by Crippen LogP contribution is 2.31. The third-order valence-corrected chi connectivity index (χ3v) is 4.24. The lowest BCUT2D eigenvalue weighted by atomic mass is 9.98. The van der Waals surface area contributed by atoms with Crippen LogP contribution in [0, 0.1) is 0 Å². The summed E-state index contributed by atoms with van der Waals surface area (Å²) >= 11 is 0. The summed E-state index contributed by atoms with van der Waals surface area (Å²) in [7, 11) is 1.72. The van der Waals surface area contributed by atoms with Gasteiger partial charge in [0.05, 0.1) is 12.5 Å². The van der Waals surface area contributed by atoms with Crippen molar-refractivity contribution >= 4 is 22.7 Å². The van der Waals surface area contributed by atoms with E-state index in [4.69, 9.17) is 10.5 Å². The van der Waals surface area contributed by atoms with Crippen LogP contribution in [0.5, 0.6) is 5.75 Å². The Labute approximate surface area is 133 Å². The highest BCUT2D eigenvalue weighted by molar-refractivity contribution is 5.87. The summed E-state index contributed by atoms with van der Waals surface area (Å²) < 4.78 is 5.47. The van der Waals surface area contributed by atoms with Crippen molar-refractivity contribution in [2.75, 3.05) is 24.3 Å². The topological polar surface area (TPSA) is 77.2 Å². The molecule has 1 aliphatic heterocycles. The van der Waals surface area contributed by atoms with E-state index in [1.807, 2.05) is 18.2 Å². The number of anilines is 2. The third kappa shape index (κ3) is 2.32. The molecule has 3 aromatic rings. The monoisotopic (exact) mass is 307 g/mol. The molecule has 0 saturated carbocycles. The Kier molecular flexibility index (Phi) is 3.22. The molecule has 0 amide bonds. The van der Waals surface area contributed by atoms with E-state index in [9.17, 15) is 0 Å². The number of nitrogen functional groups attached to an aromatic ring is 1. The van der Waals surface area contributed by atoms with Crippen LogP contribution in [0.4, 0.5) is 11.6 Å². The second-order valence-corrected chi connectivity index (χ2v) is 5.57. The maximum Gasteiger partial charge on any atom is 0.166 e. The zero-order chi connectivity index (χ0) is 15.8. The summed E-state index contributed by atoms with van der Waals surface area (Å²) in [5.41, 5.74) is 8.93. The van der Waals surface area contributed by atoms with E-state index < -0.39 is 0 Å². The molecule has 1 aromatic carbocycles. The number of hydrogen-bond acceptors (Lipinski definition) is 6. The lowest BCUT2D eigenvalue weighted by molar-refractivity contribution is 0.407. The van der Waals surface area contributed by atoms with Gasteiger partial charge < -0.3 is 15.4 Å². The van der Waals surface area contributed by atoms with Crippen molar-refractivity contribution in [3.8, 4) is 5.75 Å². The summed E-state index contributed by atoms with van der Waals surface area (Å²) in [5, 5.41) is 0.924. The van der Waals surface area contributed by atoms with Crippen LogP contribution in [0.1, 0.15) is 11.1 Å². The van der Waals surface area contributed by atoms with Gasteiger partial charge in [-0.15, -0.1) is 0 Å². The van der Waals surface area contributed by atoms with E-state index in [2.05, 4.69) is 25.9 Å². The zero-order valence-electron chi connectivity index (χ0n) is 12.9. The number of pyridine rings is 1. The number of nitrogens with zero attached hydrogens (tertiary/aromatic N) is 4. The number of fused-ring (bicyclic) bond motifs is 2. The highest BCUT2D eigenvalue weighted by Gasteiger charge is 2.21. The average molecular weight is 307 g/mol. The molecule has 116 valence electrons. The molecule has 23 heavy (non-hydrogen) atoms. The second-order valence-electron chi connectivity index (χ2n) is 5.57. The van der Waals surface area contributed by atoms with Gasteiger partial charge in [-0.3, -0.25) is 0 Å². The summed E-state index contributed by atoms with van der Waals surface area (Å²) in [6.07, 6.45) is 2.47. The second kappa shape index (κ2) is 5.39. The van der Waals surface area contributed by atoms with Gasteiger partial charge in [0.1, 0.15) is 23.7 Å². The van der Waals surface area contributed by atoms with Crippen molar-refractivity contribution < 1.29 is 4.74 Å². The SMILES string of the molecule is COc1cccc2c1CCN(c1ncnc3nc(N)ccc13)C2. The lowest BCUT2D eigenvalue weighted by Gasteiger charge is -2.31. The number of methoxy groups -OCH3 is 1. The average Bonchev–Trinajstić information content (AvgIpc) is 2.59. The number of hydrogen-bond donors (Lipinski definition) is 1. The molecule has 1 aliphatic rings. The Morgan fingerprint density at radius 3 is 2.96 bits per heavy atom. The first kappa shape index (κ1) is 13.8. The molecule has 2 N–H and O–H groups in total. The molecule has 0 bridgehead atoms. The van der Waals surface area contributed by atoms with Gasteiger partial charge in [-0.2, -0.15) is 0 Å². The molecule has 0 unspecified atom stereocenters. The number of aromatic nitrogens is 3. The van der Waals surface area contributed by atoms with E-state index in [0.717, 1.165) is 36.5 Å². The zero-order valence-corrected chi connectivity index (χ0v) is 12.9. The maximum absolute atomic E-state index is 5.75. The minimum absolute atomic E-state index is 0.468. The normalized spacial score (nSPS) is 13.9. The molecule has 0 aliphatic carbocycles. The van der Waals surface area contributed by atoms with Gasteiger partial charge in [-0.1, -0.05) is 12.1 Å². The smallest absolute Gasteiger partial charge is 0.166 e. The number of nitrogens with two attached hydrogens (primary N) is 1. The first-order valence-electron chi connectivity index (χ1n) is 7.53. The van der Waals surface area contributed by atoms with E-state index in [-0.39, 0.29) is 0 Å². The fourth-order valence-electron chi connectivity index (χ4n) is 3.14. The van der Waals surface area contributed by atoms with Crippen molar-refractivity contribution in [2.45, 2.75) is 13.0 Å². The number of ether oxygens (including phenoxy) is 1. The summed E-state index contributed by atoms with van der Waals surface area (Å²) in [4.78, 5) is 15.2. The van der Waals surface area contributed by atoms with Gasteiger partial charge in [0, 0.05) is 18.7 Å². The Hall–Kier alpha value is -2.89. The van der Waals surface area contributed by atoms with Gasteiger partial charge in [-0.05, 0) is 30.2 Å². The van der Waals surface area contributed by atoms with E-state index >= 15 is 0 Å². The predicted octanol–water partition coefficient (Wildman–Crippen LogP) is 2.18. The van der Waals surface area contributed by atoms with Crippen LogP contribution in [-0.2, 0) is 13.0 Å². The van der Waals surface area contributed by atoms with Crippen LogP contribution in [0.2, 0.25) is 0 Å². The van der Waals surface area contributed by atoms with E-state index in [1.165, 1.54) is 11.1 Å². The van der Waals surface area contributed by atoms with Crippen molar-refractivity contribution in [1.29, 1.82) is 0 Å². The highest BCUT2D eigenvalue weighted by atomic mass is 16.5. The van der Waals surface area contributed by atoms with Gasteiger partial charge in [0.25, 0.3) is 0 Å². The van der Waals surface area contributed by atoms with Crippen LogP contribution < -0.4 is 15.4 Å². The first-order chi connectivity index (χ1) is 11.3. The Morgan fingerprint density at radius 2 is 2.09 bits per heavy atom. The first-order valence-corrected chi connectivity index (χ1v) is 7.53. The molecule has 6 nitrogen and oxygen atoms in total. The van der Waals surface area contributed by atoms with Crippen LogP contribution in [0.3, 0.4) is 0 Å². The van der Waals surface area contributed by atoms with Crippen molar-refractivity contribution in [1.82, 2.24) is 15.0 Å². The molecule has 2 aromatic heterocycles. The maximum atomic E-state index is 5.75. The van der Waals surface area contributed by atoms with Gasteiger partial charge >= 0.3 is 0 Å². The fourth-order valence-corrected chi connectivity index (χ4v) is 3.14. The largest absolute Gasteiger partial charge is 0.496 e. The minimum Gasteiger partial charge on any atom is -0.496 e. The van der Waals surface area contributed by atoms with Gasteiger partial charge in [0.2, 0.25) is 0 Å².